The Labute approximate surface area is 118 Å². The van der Waals surface area contributed by atoms with Crippen LogP contribution in [-0.4, -0.2) is 10.9 Å². The van der Waals surface area contributed by atoms with E-state index < -0.39 is 5.91 Å². The summed E-state index contributed by atoms with van der Waals surface area (Å²) in [4.78, 5) is 15.1. The number of aryl methyl sites for hydroxylation is 1. The molecule has 0 aliphatic heterocycles. The third-order valence-corrected chi connectivity index (χ3v) is 2.99. The average Bonchev–Trinajstić information content (AvgIpc) is 2.36. The maximum atomic E-state index is 11.1. The normalized spacial score (nSPS) is 10.2. The van der Waals surface area contributed by atoms with Crippen molar-refractivity contribution < 1.29 is 9.53 Å². The summed E-state index contributed by atoms with van der Waals surface area (Å²) in [6, 6.07) is 8.59. The van der Waals surface area contributed by atoms with E-state index in [1.807, 2.05) is 19.1 Å². The monoisotopic (exact) mass is 321 g/mol. The second-order valence-corrected chi connectivity index (χ2v) is 4.88. The first kappa shape index (κ1) is 13.4. The minimum Gasteiger partial charge on any atom is -0.437 e. The second kappa shape index (κ2) is 5.27. The summed E-state index contributed by atoms with van der Waals surface area (Å²) in [5.41, 5.74) is 12.3. The summed E-state index contributed by atoms with van der Waals surface area (Å²) in [5, 5.41) is 0. The van der Waals surface area contributed by atoms with Gasteiger partial charge in [0.25, 0.3) is 5.91 Å². The fourth-order valence-corrected chi connectivity index (χ4v) is 1.80. The fraction of sp³-hybridized carbons (Fsp3) is 0.0769. The van der Waals surface area contributed by atoms with E-state index in [2.05, 4.69) is 20.9 Å². The molecule has 1 aromatic carbocycles. The molecule has 0 unspecified atom stereocenters. The van der Waals surface area contributed by atoms with Crippen LogP contribution < -0.4 is 16.2 Å². The summed E-state index contributed by atoms with van der Waals surface area (Å²) in [6.45, 7) is 1.90. The highest BCUT2D eigenvalue weighted by molar-refractivity contribution is 9.10. The van der Waals surface area contributed by atoms with Crippen LogP contribution in [0.15, 0.2) is 34.8 Å². The molecule has 0 bridgehead atoms. The number of nitrogens with two attached hydrogens (primary N) is 2. The Morgan fingerprint density at radius 3 is 2.74 bits per heavy atom. The first-order valence-corrected chi connectivity index (χ1v) is 6.27. The van der Waals surface area contributed by atoms with Gasteiger partial charge >= 0.3 is 0 Å². The van der Waals surface area contributed by atoms with E-state index in [1.165, 1.54) is 12.1 Å². The molecule has 0 saturated heterocycles. The molecule has 5 nitrogen and oxygen atoms in total. The number of primary amides is 1. The average molecular weight is 322 g/mol. The lowest BCUT2D eigenvalue weighted by atomic mass is 10.2. The van der Waals surface area contributed by atoms with Crippen LogP contribution in [0.1, 0.15) is 16.1 Å². The quantitative estimate of drug-likeness (QED) is 0.909. The third-order valence-electron chi connectivity index (χ3n) is 2.50. The lowest BCUT2D eigenvalue weighted by Gasteiger charge is -2.10. The Balaban J connectivity index is 2.40. The molecule has 4 N–H and O–H groups in total. The number of nitrogens with zero attached hydrogens (tertiary/aromatic N) is 1. The number of carbonyl (C=O) groups is 1. The van der Waals surface area contributed by atoms with Crippen molar-refractivity contribution in [3.63, 3.8) is 0 Å². The minimum atomic E-state index is -0.629. The van der Waals surface area contributed by atoms with Crippen molar-refractivity contribution in [1.82, 2.24) is 4.98 Å². The fourth-order valence-electron chi connectivity index (χ4n) is 1.46. The van der Waals surface area contributed by atoms with Crippen LogP contribution in [0.5, 0.6) is 11.6 Å². The van der Waals surface area contributed by atoms with Crippen molar-refractivity contribution in [3.05, 3.63) is 46.1 Å². The molecule has 0 aliphatic carbocycles. The first-order chi connectivity index (χ1) is 8.97. The van der Waals surface area contributed by atoms with Crippen molar-refractivity contribution in [3.8, 4) is 11.6 Å². The van der Waals surface area contributed by atoms with Crippen LogP contribution in [0.25, 0.3) is 0 Å². The number of nitrogen functional groups attached to an aromatic ring is 1. The summed E-state index contributed by atoms with van der Waals surface area (Å²) < 4.78 is 6.51. The maximum absolute atomic E-state index is 11.1. The van der Waals surface area contributed by atoms with Gasteiger partial charge < -0.3 is 16.2 Å². The molecule has 1 heterocycles. The van der Waals surface area contributed by atoms with Crippen molar-refractivity contribution in [2.75, 3.05) is 5.73 Å². The molecule has 1 aromatic heterocycles. The summed E-state index contributed by atoms with van der Waals surface area (Å²) in [6.07, 6.45) is 0. The molecule has 1 amide bonds. The van der Waals surface area contributed by atoms with Gasteiger partial charge in [0.2, 0.25) is 5.88 Å². The molecular weight excluding hydrogens is 310 g/mol. The van der Waals surface area contributed by atoms with Crippen LogP contribution in [0.3, 0.4) is 0 Å². The van der Waals surface area contributed by atoms with E-state index in [0.29, 0.717) is 11.4 Å². The first-order valence-electron chi connectivity index (χ1n) is 5.47. The zero-order chi connectivity index (χ0) is 14.0. The SMILES string of the molecule is Cc1ccc(Br)cc1Oc1nc(C(N)=O)ccc1N. The molecule has 0 spiro atoms. The van der Waals surface area contributed by atoms with E-state index in [1.54, 1.807) is 6.07 Å². The number of benzene rings is 1. The molecule has 0 atom stereocenters. The Bertz CT molecular complexity index is 644. The summed E-state index contributed by atoms with van der Waals surface area (Å²) in [7, 11) is 0. The lowest BCUT2D eigenvalue weighted by Crippen LogP contribution is -2.13. The number of hydrogen-bond donors (Lipinski definition) is 2. The zero-order valence-corrected chi connectivity index (χ0v) is 11.8. The van der Waals surface area contributed by atoms with Gasteiger partial charge in [0.1, 0.15) is 11.4 Å². The molecule has 6 heteroatoms. The van der Waals surface area contributed by atoms with Crippen molar-refractivity contribution in [2.45, 2.75) is 6.92 Å². The van der Waals surface area contributed by atoms with Crippen LogP contribution in [-0.2, 0) is 0 Å². The van der Waals surface area contributed by atoms with E-state index in [-0.39, 0.29) is 11.6 Å². The molecule has 19 heavy (non-hydrogen) atoms. The molecular formula is C13H12BrN3O2. The van der Waals surface area contributed by atoms with Gasteiger partial charge in [-0.15, -0.1) is 0 Å². The predicted molar refractivity (Wildman–Crippen MR) is 76.1 cm³/mol. The number of hydrogen-bond acceptors (Lipinski definition) is 4. The van der Waals surface area contributed by atoms with E-state index in [4.69, 9.17) is 16.2 Å². The second-order valence-electron chi connectivity index (χ2n) is 3.97. The number of carbonyl (C=O) groups excluding carboxylic acids is 1. The van der Waals surface area contributed by atoms with Gasteiger partial charge in [-0.2, -0.15) is 0 Å². The number of pyridine rings is 1. The Morgan fingerprint density at radius 1 is 1.32 bits per heavy atom. The van der Waals surface area contributed by atoms with Crippen LogP contribution in [0, 0.1) is 6.92 Å². The van der Waals surface area contributed by atoms with Gasteiger partial charge in [0.05, 0.1) is 5.69 Å². The Kier molecular flexibility index (Phi) is 3.71. The number of anilines is 1. The van der Waals surface area contributed by atoms with E-state index in [0.717, 1.165) is 10.0 Å². The van der Waals surface area contributed by atoms with Crippen LogP contribution in [0.2, 0.25) is 0 Å². The smallest absolute Gasteiger partial charge is 0.267 e. The summed E-state index contributed by atoms with van der Waals surface area (Å²) in [5.74, 6) is 0.142. The minimum absolute atomic E-state index is 0.108. The zero-order valence-electron chi connectivity index (χ0n) is 10.2. The summed E-state index contributed by atoms with van der Waals surface area (Å²) >= 11 is 3.36. The largest absolute Gasteiger partial charge is 0.437 e. The van der Waals surface area contributed by atoms with Gasteiger partial charge in [-0.3, -0.25) is 4.79 Å². The molecule has 0 radical (unpaired) electrons. The topological polar surface area (TPSA) is 91.2 Å². The third kappa shape index (κ3) is 3.03. The number of aromatic nitrogens is 1. The molecule has 0 saturated carbocycles. The number of rotatable bonds is 3. The highest BCUT2D eigenvalue weighted by Crippen LogP contribution is 2.30. The number of amides is 1. The van der Waals surface area contributed by atoms with Gasteiger partial charge in [0, 0.05) is 4.47 Å². The molecule has 0 fully saturated rings. The molecule has 0 aliphatic rings. The van der Waals surface area contributed by atoms with Crippen molar-refractivity contribution in [2.24, 2.45) is 5.73 Å². The standard InChI is InChI=1S/C13H12BrN3O2/c1-7-2-3-8(14)6-11(7)19-13-9(15)4-5-10(17-13)12(16)18/h2-6H,15H2,1H3,(H2,16,18). The van der Waals surface area contributed by atoms with E-state index in [9.17, 15) is 4.79 Å². The number of ether oxygens (including phenoxy) is 1. The van der Waals surface area contributed by atoms with Gasteiger partial charge in [-0.05, 0) is 36.8 Å². The highest BCUT2D eigenvalue weighted by atomic mass is 79.9. The van der Waals surface area contributed by atoms with Gasteiger partial charge in [-0.25, -0.2) is 4.98 Å². The van der Waals surface area contributed by atoms with Crippen LogP contribution in [0.4, 0.5) is 5.69 Å². The van der Waals surface area contributed by atoms with E-state index >= 15 is 0 Å². The molecule has 2 rings (SSSR count). The Morgan fingerprint density at radius 2 is 2.05 bits per heavy atom. The number of halogens is 1. The Hall–Kier alpha value is -2.08. The molecule has 2 aromatic rings. The van der Waals surface area contributed by atoms with Crippen molar-refractivity contribution in [1.29, 1.82) is 0 Å². The lowest BCUT2D eigenvalue weighted by molar-refractivity contribution is 0.0995. The van der Waals surface area contributed by atoms with Gasteiger partial charge in [0.15, 0.2) is 0 Å². The molecule has 98 valence electrons. The van der Waals surface area contributed by atoms with Gasteiger partial charge in [-0.1, -0.05) is 22.0 Å². The highest BCUT2D eigenvalue weighted by Gasteiger charge is 2.10. The van der Waals surface area contributed by atoms with Crippen LogP contribution >= 0.6 is 15.9 Å². The predicted octanol–water partition coefficient (Wildman–Crippen LogP) is 2.63. The van der Waals surface area contributed by atoms with Crippen molar-refractivity contribution >= 4 is 27.5 Å². The maximum Gasteiger partial charge on any atom is 0.267 e.